The van der Waals surface area contributed by atoms with Crippen LogP contribution in [-0.2, 0) is 6.54 Å². The molecule has 2 aliphatic rings. The van der Waals surface area contributed by atoms with Crippen LogP contribution in [0, 0.1) is 12.7 Å². The first-order chi connectivity index (χ1) is 17.9. The van der Waals surface area contributed by atoms with Crippen molar-refractivity contribution in [3.05, 3.63) is 88.9 Å². The summed E-state index contributed by atoms with van der Waals surface area (Å²) < 4.78 is 19.2. The minimum Gasteiger partial charge on any atom is -0.496 e. The first kappa shape index (κ1) is 24.7. The van der Waals surface area contributed by atoms with Crippen molar-refractivity contribution < 1.29 is 18.7 Å². The number of benzene rings is 2. The number of anilines is 1. The minimum atomic E-state index is -0.343. The van der Waals surface area contributed by atoms with Crippen molar-refractivity contribution >= 4 is 17.6 Å². The fourth-order valence-electron chi connectivity index (χ4n) is 5.61. The molecular formula is C29H31FN4O3. The van der Waals surface area contributed by atoms with Gasteiger partial charge in [0.1, 0.15) is 17.4 Å². The van der Waals surface area contributed by atoms with E-state index < -0.39 is 0 Å². The van der Waals surface area contributed by atoms with Crippen molar-refractivity contribution in [3.8, 4) is 5.75 Å². The molecule has 0 unspecified atom stereocenters. The van der Waals surface area contributed by atoms with Crippen LogP contribution in [0.2, 0.25) is 0 Å². The molecule has 8 heteroatoms. The van der Waals surface area contributed by atoms with Gasteiger partial charge in [0.05, 0.1) is 12.7 Å². The van der Waals surface area contributed by atoms with Crippen LogP contribution in [0.3, 0.4) is 0 Å². The molecule has 0 saturated carbocycles. The summed E-state index contributed by atoms with van der Waals surface area (Å²) in [5, 5.41) is 5.99. The fraction of sp³-hybridized carbons (Fsp3) is 0.345. The second kappa shape index (κ2) is 10.6. The monoisotopic (exact) mass is 502 g/mol. The molecule has 2 amide bonds. The van der Waals surface area contributed by atoms with E-state index >= 15 is 0 Å². The van der Waals surface area contributed by atoms with Crippen LogP contribution in [0.1, 0.15) is 57.5 Å². The molecule has 0 aliphatic carbocycles. The summed E-state index contributed by atoms with van der Waals surface area (Å²) in [5.41, 5.74) is 2.35. The third kappa shape index (κ3) is 5.14. The van der Waals surface area contributed by atoms with Gasteiger partial charge in [0.2, 0.25) is 0 Å². The Balaban J connectivity index is 1.20. The number of ether oxygens (including phenoxy) is 1. The Morgan fingerprint density at radius 3 is 2.46 bits per heavy atom. The topological polar surface area (TPSA) is 83.6 Å². The SMILES string of the molecule is COc1cccc(C(=O)N[C@H]2C[C@H]3CC[C@@H](C2)N3c2ccc(C(=O)NCc3ccccc3F)cn2)c1C. The molecule has 192 valence electrons. The third-order valence-corrected chi connectivity index (χ3v) is 7.49. The molecule has 2 fully saturated rings. The van der Waals surface area contributed by atoms with E-state index in [1.165, 1.54) is 6.07 Å². The van der Waals surface area contributed by atoms with Crippen molar-refractivity contribution in [1.82, 2.24) is 15.6 Å². The number of hydrogen-bond acceptors (Lipinski definition) is 5. The number of amides is 2. The van der Waals surface area contributed by atoms with Gasteiger partial charge in [-0.2, -0.15) is 0 Å². The Bertz CT molecular complexity index is 1280. The lowest BCUT2D eigenvalue weighted by molar-refractivity contribution is 0.0923. The summed E-state index contributed by atoms with van der Waals surface area (Å²) >= 11 is 0. The van der Waals surface area contributed by atoms with E-state index in [9.17, 15) is 14.0 Å². The lowest BCUT2D eigenvalue weighted by Gasteiger charge is -2.40. The molecule has 2 N–H and O–H groups in total. The number of methoxy groups -OCH3 is 1. The van der Waals surface area contributed by atoms with Gasteiger partial charge in [0.25, 0.3) is 11.8 Å². The number of piperidine rings is 1. The Kier molecular flexibility index (Phi) is 7.08. The summed E-state index contributed by atoms with van der Waals surface area (Å²) in [4.78, 5) is 32.5. The second-order valence-corrected chi connectivity index (χ2v) is 9.75. The van der Waals surface area contributed by atoms with Crippen molar-refractivity contribution in [2.45, 2.75) is 57.3 Å². The molecule has 2 aliphatic heterocycles. The molecule has 3 aromatic rings. The molecule has 5 rings (SSSR count). The number of halogens is 1. The number of pyridine rings is 1. The Labute approximate surface area is 216 Å². The smallest absolute Gasteiger partial charge is 0.253 e. The first-order valence-corrected chi connectivity index (χ1v) is 12.6. The number of nitrogens with zero attached hydrogens (tertiary/aromatic N) is 2. The zero-order valence-electron chi connectivity index (χ0n) is 21.0. The largest absolute Gasteiger partial charge is 0.496 e. The summed E-state index contributed by atoms with van der Waals surface area (Å²) in [6.07, 6.45) is 5.35. The van der Waals surface area contributed by atoms with E-state index in [0.29, 0.717) is 22.4 Å². The summed E-state index contributed by atoms with van der Waals surface area (Å²) in [5.74, 6) is 0.840. The number of aromatic nitrogens is 1. The van der Waals surface area contributed by atoms with Gasteiger partial charge >= 0.3 is 0 Å². The average molecular weight is 503 g/mol. The number of rotatable bonds is 7. The summed E-state index contributed by atoms with van der Waals surface area (Å²) in [7, 11) is 1.61. The van der Waals surface area contributed by atoms with Crippen molar-refractivity contribution in [2.75, 3.05) is 12.0 Å². The van der Waals surface area contributed by atoms with Gasteiger partial charge in [-0.3, -0.25) is 9.59 Å². The van der Waals surface area contributed by atoms with Crippen LogP contribution in [0.5, 0.6) is 5.75 Å². The highest BCUT2D eigenvalue weighted by molar-refractivity contribution is 5.96. The van der Waals surface area contributed by atoms with Crippen LogP contribution in [0.15, 0.2) is 60.8 Å². The van der Waals surface area contributed by atoms with E-state index in [2.05, 4.69) is 20.5 Å². The molecule has 0 radical (unpaired) electrons. The first-order valence-electron chi connectivity index (χ1n) is 12.6. The predicted molar refractivity (Wildman–Crippen MR) is 139 cm³/mol. The highest BCUT2D eigenvalue weighted by atomic mass is 19.1. The quantitative estimate of drug-likeness (QED) is 0.501. The maximum absolute atomic E-state index is 13.8. The average Bonchev–Trinajstić information content (AvgIpc) is 3.18. The zero-order valence-corrected chi connectivity index (χ0v) is 21.0. The molecule has 0 spiro atoms. The summed E-state index contributed by atoms with van der Waals surface area (Å²) in [6.45, 7) is 2.02. The molecule has 2 aromatic carbocycles. The lowest BCUT2D eigenvalue weighted by atomic mass is 9.96. The Hall–Kier alpha value is -3.94. The normalized spacial score (nSPS) is 20.4. The van der Waals surface area contributed by atoms with E-state index in [4.69, 9.17) is 4.74 Å². The number of carbonyl (C=O) groups excluding carboxylic acids is 2. The number of hydrogen-bond donors (Lipinski definition) is 2. The van der Waals surface area contributed by atoms with Crippen molar-refractivity contribution in [3.63, 3.8) is 0 Å². The van der Waals surface area contributed by atoms with E-state index in [1.54, 1.807) is 37.6 Å². The van der Waals surface area contributed by atoms with Crippen LogP contribution < -0.4 is 20.3 Å². The molecule has 2 bridgehead atoms. The zero-order chi connectivity index (χ0) is 25.9. The van der Waals surface area contributed by atoms with Crippen LogP contribution in [0.4, 0.5) is 10.2 Å². The van der Waals surface area contributed by atoms with E-state index in [1.807, 2.05) is 31.2 Å². The standard InChI is InChI=1S/C29H31FN4O3/c1-18-24(7-5-9-26(18)37-2)29(36)33-21-14-22-11-12-23(15-21)34(22)27-13-10-20(17-31-27)28(35)32-16-19-6-3-4-8-25(19)30/h3-10,13,17,21-23H,11-12,14-16H2,1-2H3,(H,32,35)(H,33,36)/t21-,22+,23-. The number of carbonyl (C=O) groups is 2. The highest BCUT2D eigenvalue weighted by Crippen LogP contribution is 2.38. The fourth-order valence-corrected chi connectivity index (χ4v) is 5.61. The number of nitrogens with one attached hydrogen (secondary N) is 2. The molecule has 3 atom stereocenters. The molecule has 37 heavy (non-hydrogen) atoms. The van der Waals surface area contributed by atoms with Gasteiger partial charge in [0, 0.05) is 47.6 Å². The van der Waals surface area contributed by atoms with Crippen molar-refractivity contribution in [1.29, 1.82) is 0 Å². The van der Waals surface area contributed by atoms with Gasteiger partial charge in [-0.05, 0) is 62.9 Å². The Morgan fingerprint density at radius 2 is 1.78 bits per heavy atom. The molecule has 7 nitrogen and oxygen atoms in total. The van der Waals surface area contributed by atoms with Gasteiger partial charge in [-0.25, -0.2) is 9.37 Å². The van der Waals surface area contributed by atoms with Crippen LogP contribution in [-0.4, -0.2) is 42.0 Å². The maximum atomic E-state index is 13.8. The summed E-state index contributed by atoms with van der Waals surface area (Å²) in [6, 6.07) is 16.2. The van der Waals surface area contributed by atoms with Gasteiger partial charge < -0.3 is 20.3 Å². The highest BCUT2D eigenvalue weighted by Gasteiger charge is 2.42. The van der Waals surface area contributed by atoms with Gasteiger partial charge in [-0.1, -0.05) is 24.3 Å². The Morgan fingerprint density at radius 1 is 1.03 bits per heavy atom. The predicted octanol–water partition coefficient (Wildman–Crippen LogP) is 4.40. The number of fused-ring (bicyclic) bond motifs is 2. The molecular weight excluding hydrogens is 471 g/mol. The van der Waals surface area contributed by atoms with Crippen molar-refractivity contribution in [2.24, 2.45) is 0 Å². The maximum Gasteiger partial charge on any atom is 0.253 e. The van der Waals surface area contributed by atoms with Crippen LogP contribution in [0.25, 0.3) is 0 Å². The van der Waals surface area contributed by atoms with Crippen LogP contribution >= 0.6 is 0 Å². The third-order valence-electron chi connectivity index (χ3n) is 7.49. The molecule has 2 saturated heterocycles. The molecule has 3 heterocycles. The minimum absolute atomic E-state index is 0.0712. The van der Waals surface area contributed by atoms with Gasteiger partial charge in [-0.15, -0.1) is 0 Å². The lowest BCUT2D eigenvalue weighted by Crippen LogP contribution is -2.50. The van der Waals surface area contributed by atoms with E-state index in [-0.39, 0.29) is 42.3 Å². The second-order valence-electron chi connectivity index (χ2n) is 9.75. The van der Waals surface area contributed by atoms with Gasteiger partial charge in [0.15, 0.2) is 0 Å². The molecule has 1 aromatic heterocycles. The van der Waals surface area contributed by atoms with E-state index in [0.717, 1.165) is 37.1 Å².